The first-order valence-electron chi connectivity index (χ1n) is 10.7. The van der Waals surface area contributed by atoms with Crippen molar-refractivity contribution in [2.24, 2.45) is 0 Å². The van der Waals surface area contributed by atoms with Gasteiger partial charge in [-0.15, -0.1) is 10.2 Å². The van der Waals surface area contributed by atoms with Crippen LogP contribution in [0.2, 0.25) is 0 Å². The molecule has 0 unspecified atom stereocenters. The maximum atomic E-state index is 12.6. The van der Waals surface area contributed by atoms with Crippen molar-refractivity contribution in [1.82, 2.24) is 19.7 Å². The lowest BCUT2D eigenvalue weighted by Gasteiger charge is -2.11. The molecule has 172 valence electrons. The maximum Gasteiger partial charge on any atom is 0.338 e. The highest BCUT2D eigenvalue weighted by Gasteiger charge is 2.17. The third-order valence-electron chi connectivity index (χ3n) is 4.81. The van der Waals surface area contributed by atoms with E-state index in [1.54, 1.807) is 43.6 Å². The van der Waals surface area contributed by atoms with Crippen molar-refractivity contribution < 1.29 is 14.3 Å². The number of hydrogen-bond acceptors (Lipinski definition) is 7. The summed E-state index contributed by atoms with van der Waals surface area (Å²) in [5.74, 6) is 0.166. The van der Waals surface area contributed by atoms with Gasteiger partial charge in [-0.3, -0.25) is 14.3 Å². The quantitative estimate of drug-likeness (QED) is 0.286. The molecule has 1 amide bonds. The average Bonchev–Trinajstić information content (AvgIpc) is 3.26. The Labute approximate surface area is 201 Å². The van der Waals surface area contributed by atoms with Gasteiger partial charge in [0.15, 0.2) is 11.0 Å². The molecule has 0 aliphatic heterocycles. The number of nitrogens with one attached hydrogen (secondary N) is 1. The van der Waals surface area contributed by atoms with Crippen LogP contribution >= 0.6 is 11.8 Å². The first kappa shape index (κ1) is 23.2. The highest BCUT2D eigenvalue weighted by molar-refractivity contribution is 7.99. The van der Waals surface area contributed by atoms with Crippen molar-refractivity contribution >= 4 is 29.3 Å². The Hall–Kier alpha value is -3.98. The highest BCUT2D eigenvalue weighted by atomic mass is 32.2. The smallest absolute Gasteiger partial charge is 0.338 e. The lowest BCUT2D eigenvalue weighted by Crippen LogP contribution is -2.15. The molecule has 0 saturated heterocycles. The van der Waals surface area contributed by atoms with Crippen molar-refractivity contribution in [3.8, 4) is 11.4 Å². The predicted molar refractivity (Wildman–Crippen MR) is 131 cm³/mol. The number of hydrogen-bond donors (Lipinski definition) is 1. The molecular formula is C25H23N5O3S. The Morgan fingerprint density at radius 1 is 1.03 bits per heavy atom. The number of nitrogens with zero attached hydrogens (tertiary/aromatic N) is 4. The van der Waals surface area contributed by atoms with E-state index in [4.69, 9.17) is 4.74 Å². The topological polar surface area (TPSA) is 99.0 Å². The first-order chi connectivity index (χ1) is 16.6. The number of rotatable bonds is 9. The number of thioether (sulfide) groups is 1. The molecule has 2 aromatic heterocycles. The Morgan fingerprint density at radius 2 is 1.88 bits per heavy atom. The van der Waals surface area contributed by atoms with Crippen molar-refractivity contribution in [2.75, 3.05) is 17.7 Å². The number of benzene rings is 2. The standard InChI is InChI=1S/C25H23N5O3S/c1-2-33-24(32)19-10-6-12-21(14-19)27-22(31)17-34-25-29-28-23(20-11-7-13-26-15-20)30(25)16-18-8-4-3-5-9-18/h3-15H,2,16-17H2,1H3,(H,27,31). The van der Waals surface area contributed by atoms with Gasteiger partial charge in [-0.2, -0.15) is 0 Å². The minimum absolute atomic E-state index is 0.129. The van der Waals surface area contributed by atoms with Crippen LogP contribution in [0, 0.1) is 0 Å². The summed E-state index contributed by atoms with van der Waals surface area (Å²) in [6.07, 6.45) is 3.45. The molecule has 0 radical (unpaired) electrons. The van der Waals surface area contributed by atoms with Crippen molar-refractivity contribution in [2.45, 2.75) is 18.6 Å². The van der Waals surface area contributed by atoms with Gasteiger partial charge in [0, 0.05) is 23.6 Å². The van der Waals surface area contributed by atoms with Crippen LogP contribution in [0.4, 0.5) is 5.69 Å². The van der Waals surface area contributed by atoms with Gasteiger partial charge >= 0.3 is 5.97 Å². The van der Waals surface area contributed by atoms with Crippen LogP contribution < -0.4 is 5.32 Å². The summed E-state index contributed by atoms with van der Waals surface area (Å²) in [5, 5.41) is 12.1. The molecule has 1 N–H and O–H groups in total. The molecule has 0 saturated carbocycles. The number of pyridine rings is 1. The van der Waals surface area contributed by atoms with Crippen molar-refractivity contribution in [1.29, 1.82) is 0 Å². The fourth-order valence-corrected chi connectivity index (χ4v) is 4.02. The van der Waals surface area contributed by atoms with E-state index >= 15 is 0 Å². The summed E-state index contributed by atoms with van der Waals surface area (Å²) in [6, 6.07) is 20.4. The molecule has 9 heteroatoms. The van der Waals surface area contributed by atoms with Gasteiger partial charge in [-0.05, 0) is 42.8 Å². The van der Waals surface area contributed by atoms with Gasteiger partial charge in [0.25, 0.3) is 0 Å². The normalized spacial score (nSPS) is 10.6. The molecule has 8 nitrogen and oxygen atoms in total. The van der Waals surface area contributed by atoms with E-state index in [2.05, 4.69) is 20.5 Å². The fraction of sp³-hybridized carbons (Fsp3) is 0.160. The summed E-state index contributed by atoms with van der Waals surface area (Å²) in [4.78, 5) is 28.7. The van der Waals surface area contributed by atoms with Crippen LogP contribution in [-0.4, -0.2) is 44.0 Å². The molecule has 0 spiro atoms. The summed E-state index contributed by atoms with van der Waals surface area (Å²) in [5.41, 5.74) is 2.85. The number of amides is 1. The second kappa shape index (κ2) is 11.2. The maximum absolute atomic E-state index is 12.6. The summed E-state index contributed by atoms with van der Waals surface area (Å²) >= 11 is 1.29. The molecule has 2 aromatic carbocycles. The second-order valence-electron chi connectivity index (χ2n) is 7.26. The monoisotopic (exact) mass is 473 g/mol. The SMILES string of the molecule is CCOC(=O)c1cccc(NC(=O)CSc2nnc(-c3cccnc3)n2Cc2ccccc2)c1. The number of anilines is 1. The van der Waals surface area contributed by atoms with Crippen molar-refractivity contribution in [3.05, 3.63) is 90.3 Å². The molecule has 0 aliphatic rings. The molecule has 0 fully saturated rings. The lowest BCUT2D eigenvalue weighted by atomic mass is 10.2. The van der Waals surface area contributed by atoms with Gasteiger partial charge < -0.3 is 10.1 Å². The zero-order valence-corrected chi connectivity index (χ0v) is 19.4. The number of esters is 1. The third-order valence-corrected chi connectivity index (χ3v) is 5.78. The number of aromatic nitrogens is 4. The van der Waals surface area contributed by atoms with E-state index in [0.717, 1.165) is 11.1 Å². The molecular weight excluding hydrogens is 450 g/mol. The van der Waals surface area contributed by atoms with Crippen LogP contribution in [0.15, 0.2) is 84.3 Å². The lowest BCUT2D eigenvalue weighted by molar-refractivity contribution is -0.113. The molecule has 2 heterocycles. The predicted octanol–water partition coefficient (Wildman–Crippen LogP) is 4.30. The van der Waals surface area contributed by atoms with E-state index in [-0.39, 0.29) is 18.3 Å². The minimum atomic E-state index is -0.426. The van der Waals surface area contributed by atoms with Gasteiger partial charge in [0.05, 0.1) is 24.5 Å². The molecule has 4 aromatic rings. The second-order valence-corrected chi connectivity index (χ2v) is 8.20. The Bertz CT molecular complexity index is 1260. The Kier molecular flexibility index (Phi) is 7.67. The Morgan fingerprint density at radius 3 is 2.65 bits per heavy atom. The average molecular weight is 474 g/mol. The molecule has 4 rings (SSSR count). The number of carbonyl (C=O) groups is 2. The van der Waals surface area contributed by atoms with E-state index in [0.29, 0.717) is 28.8 Å². The van der Waals surface area contributed by atoms with Crippen LogP contribution in [0.25, 0.3) is 11.4 Å². The fourth-order valence-electron chi connectivity index (χ4n) is 3.28. The summed E-state index contributed by atoms with van der Waals surface area (Å²) in [6.45, 7) is 2.59. The van der Waals surface area contributed by atoms with Gasteiger partial charge in [0.1, 0.15) is 0 Å². The molecule has 0 atom stereocenters. The Balaban J connectivity index is 1.48. The van der Waals surface area contributed by atoms with E-state index < -0.39 is 5.97 Å². The van der Waals surface area contributed by atoms with Crippen LogP contribution in [0.5, 0.6) is 0 Å². The highest BCUT2D eigenvalue weighted by Crippen LogP contribution is 2.25. The van der Waals surface area contributed by atoms with Gasteiger partial charge in [-0.1, -0.05) is 48.2 Å². The number of ether oxygens (including phenoxy) is 1. The molecule has 0 bridgehead atoms. The summed E-state index contributed by atoms with van der Waals surface area (Å²) in [7, 11) is 0. The largest absolute Gasteiger partial charge is 0.462 e. The van der Waals surface area contributed by atoms with Crippen LogP contribution in [0.1, 0.15) is 22.8 Å². The van der Waals surface area contributed by atoms with Gasteiger partial charge in [0.2, 0.25) is 5.91 Å². The first-order valence-corrected chi connectivity index (χ1v) is 11.7. The van der Waals surface area contributed by atoms with Crippen LogP contribution in [-0.2, 0) is 16.1 Å². The zero-order valence-electron chi connectivity index (χ0n) is 18.5. The zero-order chi connectivity index (χ0) is 23.8. The van der Waals surface area contributed by atoms with E-state index in [9.17, 15) is 9.59 Å². The van der Waals surface area contributed by atoms with Gasteiger partial charge in [-0.25, -0.2) is 4.79 Å². The summed E-state index contributed by atoms with van der Waals surface area (Å²) < 4.78 is 6.99. The van der Waals surface area contributed by atoms with Crippen molar-refractivity contribution in [3.63, 3.8) is 0 Å². The molecule has 34 heavy (non-hydrogen) atoms. The number of carbonyl (C=O) groups excluding carboxylic acids is 2. The van der Waals surface area contributed by atoms with E-state index in [1.807, 2.05) is 47.0 Å². The molecule has 0 aliphatic carbocycles. The minimum Gasteiger partial charge on any atom is -0.462 e. The van der Waals surface area contributed by atoms with E-state index in [1.165, 1.54) is 11.8 Å². The third kappa shape index (κ3) is 5.87. The van der Waals surface area contributed by atoms with Crippen LogP contribution in [0.3, 0.4) is 0 Å².